The molecule has 0 aromatic carbocycles. The van der Waals surface area contributed by atoms with E-state index in [1.54, 1.807) is 0 Å². The SMILES string of the molecule is CCCNC1CC(C(=O)O)CN(C2CCC2C)C1. The lowest BCUT2D eigenvalue weighted by Gasteiger charge is -2.47. The Morgan fingerprint density at radius 2 is 2.17 bits per heavy atom. The van der Waals surface area contributed by atoms with Crippen LogP contribution in [0.5, 0.6) is 0 Å². The number of carboxylic acids is 1. The van der Waals surface area contributed by atoms with Gasteiger partial charge < -0.3 is 10.4 Å². The summed E-state index contributed by atoms with van der Waals surface area (Å²) in [6.45, 7) is 7.20. The van der Waals surface area contributed by atoms with Crippen LogP contribution in [0.4, 0.5) is 0 Å². The number of carboxylic acid groups (broad SMARTS) is 1. The molecular weight excluding hydrogens is 228 g/mol. The zero-order valence-electron chi connectivity index (χ0n) is 11.6. The quantitative estimate of drug-likeness (QED) is 0.782. The van der Waals surface area contributed by atoms with Crippen LogP contribution in [0.15, 0.2) is 0 Å². The highest BCUT2D eigenvalue weighted by molar-refractivity contribution is 5.70. The standard InChI is InChI=1S/C14H26N2O2/c1-3-6-15-12-7-11(14(17)18)8-16(9-12)13-5-4-10(13)2/h10-13,15H,3-9H2,1-2H3,(H,17,18). The summed E-state index contributed by atoms with van der Waals surface area (Å²) < 4.78 is 0. The first-order valence-electron chi connectivity index (χ1n) is 7.32. The molecule has 0 spiro atoms. The van der Waals surface area contributed by atoms with Gasteiger partial charge in [-0.25, -0.2) is 0 Å². The van der Waals surface area contributed by atoms with Crippen molar-refractivity contribution in [3.05, 3.63) is 0 Å². The van der Waals surface area contributed by atoms with E-state index in [4.69, 9.17) is 0 Å². The van der Waals surface area contributed by atoms with Crippen molar-refractivity contribution in [3.8, 4) is 0 Å². The molecule has 2 N–H and O–H groups in total. The van der Waals surface area contributed by atoms with Crippen molar-refractivity contribution in [3.63, 3.8) is 0 Å². The molecule has 2 aliphatic rings. The molecule has 2 rings (SSSR count). The number of piperidine rings is 1. The Morgan fingerprint density at radius 3 is 2.67 bits per heavy atom. The van der Waals surface area contributed by atoms with E-state index in [1.807, 2.05) is 0 Å². The second-order valence-electron chi connectivity index (χ2n) is 6.00. The summed E-state index contributed by atoms with van der Waals surface area (Å²) in [4.78, 5) is 13.7. The predicted octanol–water partition coefficient (Wildman–Crippen LogP) is 1.56. The second-order valence-corrected chi connectivity index (χ2v) is 6.00. The maximum Gasteiger partial charge on any atom is 0.307 e. The fourth-order valence-corrected chi connectivity index (χ4v) is 3.27. The molecule has 4 heteroatoms. The van der Waals surface area contributed by atoms with Crippen LogP contribution >= 0.6 is 0 Å². The Bertz CT molecular complexity index is 296. The monoisotopic (exact) mass is 254 g/mol. The van der Waals surface area contributed by atoms with Gasteiger partial charge in [0, 0.05) is 25.2 Å². The van der Waals surface area contributed by atoms with Crippen molar-refractivity contribution in [1.82, 2.24) is 10.2 Å². The molecule has 1 heterocycles. The molecule has 0 amide bonds. The second kappa shape index (κ2) is 6.02. The highest BCUT2D eigenvalue weighted by atomic mass is 16.4. The Morgan fingerprint density at radius 1 is 1.39 bits per heavy atom. The molecule has 4 unspecified atom stereocenters. The molecule has 0 aromatic heterocycles. The van der Waals surface area contributed by atoms with Gasteiger partial charge >= 0.3 is 5.97 Å². The maximum atomic E-state index is 11.3. The fraction of sp³-hybridized carbons (Fsp3) is 0.929. The zero-order valence-corrected chi connectivity index (χ0v) is 11.6. The van der Waals surface area contributed by atoms with Crippen molar-refractivity contribution in [2.75, 3.05) is 19.6 Å². The first-order chi connectivity index (χ1) is 8.61. The molecule has 1 saturated carbocycles. The first kappa shape index (κ1) is 13.8. The van der Waals surface area contributed by atoms with Crippen LogP contribution in [0.3, 0.4) is 0 Å². The van der Waals surface area contributed by atoms with E-state index in [0.717, 1.165) is 38.4 Å². The summed E-state index contributed by atoms with van der Waals surface area (Å²) in [6.07, 6.45) is 4.43. The molecule has 1 aliphatic heterocycles. The first-order valence-corrected chi connectivity index (χ1v) is 7.32. The summed E-state index contributed by atoms with van der Waals surface area (Å²) in [5, 5.41) is 12.8. The molecule has 0 radical (unpaired) electrons. The van der Waals surface area contributed by atoms with Gasteiger partial charge in [0.05, 0.1) is 5.92 Å². The molecule has 1 aliphatic carbocycles. The number of likely N-dealkylation sites (tertiary alicyclic amines) is 1. The third-order valence-corrected chi connectivity index (χ3v) is 4.55. The Balaban J connectivity index is 1.95. The van der Waals surface area contributed by atoms with Gasteiger partial charge in [-0.3, -0.25) is 9.69 Å². The predicted molar refractivity (Wildman–Crippen MR) is 71.6 cm³/mol. The van der Waals surface area contributed by atoms with Crippen LogP contribution in [0.2, 0.25) is 0 Å². The summed E-state index contributed by atoms with van der Waals surface area (Å²) in [5.41, 5.74) is 0. The molecule has 4 atom stereocenters. The molecule has 0 aromatic rings. The lowest BCUT2D eigenvalue weighted by molar-refractivity contribution is -0.145. The Hall–Kier alpha value is -0.610. The summed E-state index contributed by atoms with van der Waals surface area (Å²) in [7, 11) is 0. The van der Waals surface area contributed by atoms with E-state index < -0.39 is 5.97 Å². The van der Waals surface area contributed by atoms with Crippen LogP contribution < -0.4 is 5.32 Å². The molecule has 0 bridgehead atoms. The smallest absolute Gasteiger partial charge is 0.307 e. The lowest BCUT2D eigenvalue weighted by atomic mass is 9.78. The molecule has 1 saturated heterocycles. The minimum absolute atomic E-state index is 0.194. The third-order valence-electron chi connectivity index (χ3n) is 4.55. The Labute approximate surface area is 110 Å². The summed E-state index contributed by atoms with van der Waals surface area (Å²) in [6, 6.07) is 0.977. The topological polar surface area (TPSA) is 52.6 Å². The average molecular weight is 254 g/mol. The van der Waals surface area contributed by atoms with E-state index >= 15 is 0 Å². The summed E-state index contributed by atoms with van der Waals surface area (Å²) >= 11 is 0. The minimum atomic E-state index is -0.630. The zero-order chi connectivity index (χ0) is 13.1. The molecule has 18 heavy (non-hydrogen) atoms. The van der Waals surface area contributed by atoms with Gasteiger partial charge in [0.15, 0.2) is 0 Å². The molecule has 104 valence electrons. The van der Waals surface area contributed by atoms with Crippen molar-refractivity contribution in [2.24, 2.45) is 11.8 Å². The van der Waals surface area contributed by atoms with Crippen LogP contribution in [0.25, 0.3) is 0 Å². The van der Waals surface area contributed by atoms with Gasteiger partial charge in [-0.05, 0) is 38.1 Å². The number of aliphatic carboxylic acids is 1. The molecule has 4 nitrogen and oxygen atoms in total. The number of carbonyl (C=O) groups is 1. The number of nitrogens with zero attached hydrogens (tertiary/aromatic N) is 1. The fourth-order valence-electron chi connectivity index (χ4n) is 3.27. The largest absolute Gasteiger partial charge is 0.481 e. The average Bonchev–Trinajstić information content (AvgIpc) is 2.34. The highest BCUT2D eigenvalue weighted by Gasteiger charge is 2.39. The van der Waals surface area contributed by atoms with E-state index in [2.05, 4.69) is 24.1 Å². The van der Waals surface area contributed by atoms with Crippen molar-refractivity contribution >= 4 is 5.97 Å². The summed E-state index contributed by atoms with van der Waals surface area (Å²) in [5.74, 6) is -0.0831. The number of rotatable bonds is 5. The molecular formula is C14H26N2O2. The van der Waals surface area contributed by atoms with Crippen molar-refractivity contribution < 1.29 is 9.90 Å². The van der Waals surface area contributed by atoms with Crippen LogP contribution in [0, 0.1) is 11.8 Å². The van der Waals surface area contributed by atoms with Gasteiger partial charge in [0.1, 0.15) is 0 Å². The lowest BCUT2D eigenvalue weighted by Crippen LogP contribution is -2.57. The highest BCUT2D eigenvalue weighted by Crippen LogP contribution is 2.34. The van der Waals surface area contributed by atoms with Crippen LogP contribution in [-0.4, -0.2) is 47.7 Å². The van der Waals surface area contributed by atoms with Crippen molar-refractivity contribution in [1.29, 1.82) is 0 Å². The number of hydrogen-bond donors (Lipinski definition) is 2. The van der Waals surface area contributed by atoms with Gasteiger partial charge in [-0.2, -0.15) is 0 Å². The van der Waals surface area contributed by atoms with Gasteiger partial charge in [0.25, 0.3) is 0 Å². The van der Waals surface area contributed by atoms with Crippen molar-refractivity contribution in [2.45, 2.75) is 51.6 Å². The van der Waals surface area contributed by atoms with Gasteiger partial charge in [-0.15, -0.1) is 0 Å². The van der Waals surface area contributed by atoms with Gasteiger partial charge in [-0.1, -0.05) is 13.8 Å². The van der Waals surface area contributed by atoms with E-state index in [-0.39, 0.29) is 5.92 Å². The van der Waals surface area contributed by atoms with E-state index in [9.17, 15) is 9.90 Å². The number of nitrogens with one attached hydrogen (secondary N) is 1. The maximum absolute atomic E-state index is 11.3. The van der Waals surface area contributed by atoms with E-state index in [0.29, 0.717) is 12.1 Å². The van der Waals surface area contributed by atoms with Crippen LogP contribution in [0.1, 0.15) is 39.5 Å². The van der Waals surface area contributed by atoms with Crippen LogP contribution in [-0.2, 0) is 4.79 Å². The number of hydrogen-bond acceptors (Lipinski definition) is 3. The normalized spacial score (nSPS) is 37.2. The third kappa shape index (κ3) is 3.04. The van der Waals surface area contributed by atoms with E-state index in [1.165, 1.54) is 12.8 Å². The minimum Gasteiger partial charge on any atom is -0.481 e. The molecule has 2 fully saturated rings. The Kier molecular flexibility index (Phi) is 4.62. The van der Waals surface area contributed by atoms with Gasteiger partial charge in [0.2, 0.25) is 0 Å².